The average Bonchev–Trinajstić information content (AvgIpc) is 2.78. The maximum absolute atomic E-state index is 11.7. The van der Waals surface area contributed by atoms with Gasteiger partial charge in [0.2, 0.25) is 5.91 Å². The highest BCUT2D eigenvalue weighted by Gasteiger charge is 2.20. The lowest BCUT2D eigenvalue weighted by molar-refractivity contribution is -0.128. The fraction of sp³-hybridized carbons (Fsp3) is 0.846. The highest BCUT2D eigenvalue weighted by molar-refractivity contribution is 5.81. The summed E-state index contributed by atoms with van der Waals surface area (Å²) in [5, 5.41) is 3.44. The molecule has 6 nitrogen and oxygen atoms in total. The first-order valence-electron chi connectivity index (χ1n) is 6.98. The Hall–Kier alpha value is -1.14. The van der Waals surface area contributed by atoms with Gasteiger partial charge < -0.3 is 5.32 Å². The summed E-state index contributed by atoms with van der Waals surface area (Å²) in [6.45, 7) is 8.79. The number of hydrogen-bond acceptors (Lipinski definition) is 4. The molecule has 1 unspecified atom stereocenters. The van der Waals surface area contributed by atoms with Gasteiger partial charge in [0.25, 0.3) is 5.91 Å². The number of nitrogens with zero attached hydrogens (tertiary/aromatic N) is 1. The van der Waals surface area contributed by atoms with E-state index in [1.807, 2.05) is 0 Å². The molecular weight excluding hydrogens is 244 g/mol. The third kappa shape index (κ3) is 7.12. The van der Waals surface area contributed by atoms with E-state index < -0.39 is 0 Å². The predicted octanol–water partition coefficient (Wildman–Crippen LogP) is -0.136. The van der Waals surface area contributed by atoms with Gasteiger partial charge in [-0.25, -0.2) is 0 Å². The van der Waals surface area contributed by atoms with Crippen LogP contribution in [0.1, 0.15) is 33.6 Å². The number of rotatable bonds is 6. The summed E-state index contributed by atoms with van der Waals surface area (Å²) in [7, 11) is 0. The van der Waals surface area contributed by atoms with E-state index >= 15 is 0 Å². The highest BCUT2D eigenvalue weighted by Crippen LogP contribution is 2.08. The first-order valence-corrected chi connectivity index (χ1v) is 6.98. The van der Waals surface area contributed by atoms with Crippen molar-refractivity contribution in [3.8, 4) is 0 Å². The Morgan fingerprint density at radius 3 is 2.63 bits per heavy atom. The molecule has 0 aromatic rings. The van der Waals surface area contributed by atoms with Crippen molar-refractivity contribution in [3.05, 3.63) is 0 Å². The van der Waals surface area contributed by atoms with Crippen LogP contribution in [0.3, 0.4) is 0 Å². The molecule has 1 aliphatic heterocycles. The van der Waals surface area contributed by atoms with Crippen molar-refractivity contribution in [3.63, 3.8) is 0 Å². The van der Waals surface area contributed by atoms with Crippen molar-refractivity contribution >= 4 is 11.8 Å². The number of carbonyl (C=O) groups excluding carboxylic acids is 2. The van der Waals surface area contributed by atoms with Gasteiger partial charge in [0, 0.05) is 26.1 Å². The molecule has 1 heterocycles. The van der Waals surface area contributed by atoms with E-state index in [0.29, 0.717) is 18.5 Å². The second kappa shape index (κ2) is 8.12. The molecule has 1 saturated heterocycles. The molecule has 6 heteroatoms. The lowest BCUT2D eigenvalue weighted by Gasteiger charge is -2.26. The summed E-state index contributed by atoms with van der Waals surface area (Å²) in [6, 6.07) is 0.479. The van der Waals surface area contributed by atoms with Crippen molar-refractivity contribution < 1.29 is 9.59 Å². The Labute approximate surface area is 115 Å². The molecule has 0 saturated carbocycles. The van der Waals surface area contributed by atoms with E-state index in [0.717, 1.165) is 19.6 Å². The maximum Gasteiger partial charge on any atom is 0.252 e. The summed E-state index contributed by atoms with van der Waals surface area (Å²) in [5.74, 6) is 0.0741. The molecule has 0 spiro atoms. The summed E-state index contributed by atoms with van der Waals surface area (Å²) in [6.07, 6.45) is 2.38. The molecular formula is C13H26N4O2. The number of amides is 2. The van der Waals surface area contributed by atoms with Gasteiger partial charge in [-0.15, -0.1) is 0 Å². The minimum Gasteiger partial charge on any atom is -0.313 e. The van der Waals surface area contributed by atoms with Gasteiger partial charge in [0.1, 0.15) is 0 Å². The lowest BCUT2D eigenvalue weighted by Crippen LogP contribution is -2.48. The minimum absolute atomic E-state index is 0.172. The van der Waals surface area contributed by atoms with Gasteiger partial charge in [-0.1, -0.05) is 13.8 Å². The van der Waals surface area contributed by atoms with Gasteiger partial charge in [0.05, 0.1) is 6.54 Å². The molecule has 0 aliphatic carbocycles. The Balaban J connectivity index is 2.38. The molecule has 0 aromatic heterocycles. The smallest absolute Gasteiger partial charge is 0.252 e. The molecule has 0 radical (unpaired) electrons. The summed E-state index contributed by atoms with van der Waals surface area (Å²) >= 11 is 0. The molecule has 0 aromatic carbocycles. The first kappa shape index (κ1) is 15.9. The fourth-order valence-corrected chi connectivity index (χ4v) is 2.34. The maximum atomic E-state index is 11.7. The molecule has 2 amide bonds. The van der Waals surface area contributed by atoms with Gasteiger partial charge >= 0.3 is 0 Å². The van der Waals surface area contributed by atoms with Crippen molar-refractivity contribution in [1.29, 1.82) is 0 Å². The first-order chi connectivity index (χ1) is 8.97. The van der Waals surface area contributed by atoms with Crippen LogP contribution < -0.4 is 16.2 Å². The molecule has 110 valence electrons. The molecule has 3 N–H and O–H groups in total. The zero-order chi connectivity index (χ0) is 14.3. The predicted molar refractivity (Wildman–Crippen MR) is 74.3 cm³/mol. The third-order valence-corrected chi connectivity index (χ3v) is 3.01. The van der Waals surface area contributed by atoms with Crippen molar-refractivity contribution in [2.24, 2.45) is 5.92 Å². The van der Waals surface area contributed by atoms with Gasteiger partial charge in [0.15, 0.2) is 0 Å². The van der Waals surface area contributed by atoms with Crippen LogP contribution >= 0.6 is 0 Å². The van der Waals surface area contributed by atoms with Crippen LogP contribution in [0.4, 0.5) is 0 Å². The Morgan fingerprint density at radius 1 is 1.37 bits per heavy atom. The average molecular weight is 270 g/mol. The molecule has 1 rings (SSSR count). The van der Waals surface area contributed by atoms with Crippen LogP contribution in [0.15, 0.2) is 0 Å². The topological polar surface area (TPSA) is 73.5 Å². The number of hydrogen-bond donors (Lipinski definition) is 3. The molecule has 1 fully saturated rings. The summed E-state index contributed by atoms with van der Waals surface area (Å²) in [4.78, 5) is 24.6. The Bertz CT molecular complexity index is 301. The normalized spacial score (nSPS) is 18.9. The van der Waals surface area contributed by atoms with Gasteiger partial charge in [-0.3, -0.25) is 25.3 Å². The van der Waals surface area contributed by atoms with Crippen LogP contribution in [-0.4, -0.2) is 48.9 Å². The Morgan fingerprint density at radius 2 is 2.11 bits per heavy atom. The fourth-order valence-electron chi connectivity index (χ4n) is 2.34. The van der Waals surface area contributed by atoms with Crippen molar-refractivity contribution in [2.45, 2.75) is 39.7 Å². The largest absolute Gasteiger partial charge is 0.313 e. The second-order valence-corrected chi connectivity index (χ2v) is 5.61. The van der Waals surface area contributed by atoms with Crippen molar-refractivity contribution in [1.82, 2.24) is 21.1 Å². The molecule has 1 aliphatic rings. The van der Waals surface area contributed by atoms with Crippen LogP contribution in [0.2, 0.25) is 0 Å². The van der Waals surface area contributed by atoms with E-state index in [-0.39, 0.29) is 11.8 Å². The SMILES string of the molecule is CC(=O)NNC(=O)CN(CC(C)C)CC1CCCN1. The zero-order valence-electron chi connectivity index (χ0n) is 12.2. The number of nitrogens with one attached hydrogen (secondary N) is 3. The monoisotopic (exact) mass is 270 g/mol. The van der Waals surface area contributed by atoms with Crippen LogP contribution in [-0.2, 0) is 9.59 Å². The Kier molecular flexibility index (Phi) is 6.80. The van der Waals surface area contributed by atoms with E-state index in [4.69, 9.17) is 0 Å². The second-order valence-electron chi connectivity index (χ2n) is 5.61. The standard InChI is InChI=1S/C13H26N4O2/c1-10(2)7-17(8-12-5-4-6-14-12)9-13(19)16-15-11(3)18/h10,12,14H,4-9H2,1-3H3,(H,15,18)(H,16,19). The molecule has 0 bridgehead atoms. The van der Waals surface area contributed by atoms with E-state index in [9.17, 15) is 9.59 Å². The van der Waals surface area contributed by atoms with Crippen LogP contribution in [0.5, 0.6) is 0 Å². The van der Waals surface area contributed by atoms with E-state index in [1.165, 1.54) is 19.8 Å². The summed E-state index contributed by atoms with van der Waals surface area (Å²) in [5.41, 5.74) is 4.73. The number of hydrazine groups is 1. The van der Waals surface area contributed by atoms with E-state index in [1.54, 1.807) is 0 Å². The molecule has 19 heavy (non-hydrogen) atoms. The van der Waals surface area contributed by atoms with Crippen LogP contribution in [0, 0.1) is 5.92 Å². The van der Waals surface area contributed by atoms with E-state index in [2.05, 4.69) is 34.9 Å². The van der Waals surface area contributed by atoms with Crippen LogP contribution in [0.25, 0.3) is 0 Å². The number of carbonyl (C=O) groups is 2. The zero-order valence-corrected chi connectivity index (χ0v) is 12.2. The lowest BCUT2D eigenvalue weighted by atomic mass is 10.1. The highest BCUT2D eigenvalue weighted by atomic mass is 16.2. The van der Waals surface area contributed by atoms with Crippen molar-refractivity contribution in [2.75, 3.05) is 26.2 Å². The summed E-state index contributed by atoms with van der Waals surface area (Å²) < 4.78 is 0. The van der Waals surface area contributed by atoms with Gasteiger partial charge in [-0.05, 0) is 25.3 Å². The molecule has 1 atom stereocenters. The third-order valence-electron chi connectivity index (χ3n) is 3.01. The quantitative estimate of drug-likeness (QED) is 0.588. The minimum atomic E-state index is -0.263. The van der Waals surface area contributed by atoms with Gasteiger partial charge in [-0.2, -0.15) is 0 Å².